The Balaban J connectivity index is 1.45. The summed E-state index contributed by atoms with van der Waals surface area (Å²) in [4.78, 5) is 15.6. The molecule has 2 bridgehead atoms. The number of aliphatic hydroxyl groups excluding tert-OH is 1. The molecular formula is C32H36N2O5. The highest BCUT2D eigenvalue weighted by atomic mass is 16.5. The van der Waals surface area contributed by atoms with E-state index in [0.29, 0.717) is 11.3 Å². The predicted octanol–water partition coefficient (Wildman–Crippen LogP) is 4.48. The van der Waals surface area contributed by atoms with Crippen molar-refractivity contribution in [1.29, 1.82) is 0 Å². The van der Waals surface area contributed by atoms with E-state index in [2.05, 4.69) is 29.3 Å². The van der Waals surface area contributed by atoms with Crippen LogP contribution in [0.4, 0.5) is 0 Å². The van der Waals surface area contributed by atoms with Gasteiger partial charge in [0.05, 0.1) is 11.7 Å². The third kappa shape index (κ3) is 3.20. The molecule has 7 nitrogen and oxygen atoms in total. The van der Waals surface area contributed by atoms with Gasteiger partial charge in [-0.15, -0.1) is 0 Å². The zero-order chi connectivity index (χ0) is 27.4. The van der Waals surface area contributed by atoms with Crippen LogP contribution >= 0.6 is 0 Å². The number of benzene rings is 1. The highest BCUT2D eigenvalue weighted by Crippen LogP contribution is 2.63. The first-order valence-electron chi connectivity index (χ1n) is 14.1. The number of likely N-dealkylation sites (N-methyl/N-ethyl adjacent to an activating group) is 1. The van der Waals surface area contributed by atoms with Crippen LogP contribution in [0.3, 0.4) is 0 Å². The van der Waals surface area contributed by atoms with Crippen molar-refractivity contribution < 1.29 is 24.5 Å². The van der Waals surface area contributed by atoms with E-state index in [1.807, 2.05) is 57.3 Å². The van der Waals surface area contributed by atoms with Crippen LogP contribution in [-0.4, -0.2) is 63.4 Å². The molecule has 6 atom stereocenters. The first-order chi connectivity index (χ1) is 18.6. The normalized spacial score (nSPS) is 29.4. The number of hydrogen-bond donors (Lipinski definition) is 2. The monoisotopic (exact) mass is 528 g/mol. The number of carbonyl (C=O) groups is 1. The van der Waals surface area contributed by atoms with Crippen molar-refractivity contribution in [1.82, 2.24) is 9.30 Å². The Kier molecular flexibility index (Phi) is 5.30. The van der Waals surface area contributed by atoms with E-state index in [9.17, 15) is 15.0 Å². The first-order valence-corrected chi connectivity index (χ1v) is 14.1. The van der Waals surface area contributed by atoms with Crippen LogP contribution in [0.15, 0.2) is 42.6 Å². The average Bonchev–Trinajstić information content (AvgIpc) is 3.49. The summed E-state index contributed by atoms with van der Waals surface area (Å²) in [7, 11) is 2.19. The zero-order valence-electron chi connectivity index (χ0n) is 23.1. The molecule has 7 heteroatoms. The number of piperidine rings is 1. The van der Waals surface area contributed by atoms with E-state index in [0.717, 1.165) is 47.3 Å². The number of rotatable bonds is 4. The van der Waals surface area contributed by atoms with Gasteiger partial charge in [-0.3, -0.25) is 0 Å². The van der Waals surface area contributed by atoms with E-state index in [-0.39, 0.29) is 41.1 Å². The average molecular weight is 529 g/mol. The van der Waals surface area contributed by atoms with Crippen LogP contribution in [0.1, 0.15) is 71.4 Å². The second kappa shape index (κ2) is 8.35. The Hall–Kier alpha value is -3.29. The topological polar surface area (TPSA) is 83.6 Å². The Morgan fingerprint density at radius 2 is 2.03 bits per heavy atom. The summed E-state index contributed by atoms with van der Waals surface area (Å²) < 4.78 is 14.2. The number of phenols is 1. The largest absolute Gasteiger partial charge is 0.504 e. The zero-order valence-corrected chi connectivity index (χ0v) is 23.1. The number of aliphatic hydroxyl groups is 1. The van der Waals surface area contributed by atoms with Crippen molar-refractivity contribution in [3.05, 3.63) is 76.1 Å². The highest BCUT2D eigenvalue weighted by molar-refractivity contribution is 5.93. The molecule has 1 aromatic carbocycles. The summed E-state index contributed by atoms with van der Waals surface area (Å²) >= 11 is 0. The molecule has 2 aromatic heterocycles. The summed E-state index contributed by atoms with van der Waals surface area (Å²) in [6.45, 7) is 8.78. The van der Waals surface area contributed by atoms with Crippen molar-refractivity contribution in [3.63, 3.8) is 0 Å². The molecule has 2 aliphatic carbocycles. The fourth-order valence-electron chi connectivity index (χ4n) is 8.21. The van der Waals surface area contributed by atoms with Crippen molar-refractivity contribution in [2.75, 3.05) is 13.6 Å². The molecule has 0 saturated carbocycles. The van der Waals surface area contributed by atoms with E-state index in [4.69, 9.17) is 9.47 Å². The molecule has 0 amide bonds. The maximum Gasteiger partial charge on any atom is 0.338 e. The molecule has 1 saturated heterocycles. The first kappa shape index (κ1) is 24.7. The highest BCUT2D eigenvalue weighted by Gasteiger charge is 2.64. The number of likely N-dealkylation sites (tertiary alicyclic amines) is 1. The number of nitrogens with zero attached hydrogens (tertiary/aromatic N) is 2. The van der Waals surface area contributed by atoms with Gasteiger partial charge in [0.15, 0.2) is 11.5 Å². The molecule has 1 unspecified atom stereocenters. The molecule has 39 heavy (non-hydrogen) atoms. The fraction of sp³-hybridized carbons (Fsp3) is 0.469. The Morgan fingerprint density at radius 3 is 2.79 bits per heavy atom. The minimum atomic E-state index is -0.714. The number of phenolic OH excluding ortho intramolecular Hbond substituents is 1. The molecule has 0 radical (unpaired) electrons. The lowest BCUT2D eigenvalue weighted by atomic mass is 9.52. The van der Waals surface area contributed by atoms with E-state index in [1.165, 1.54) is 5.56 Å². The minimum Gasteiger partial charge on any atom is -0.504 e. The lowest BCUT2D eigenvalue weighted by Gasteiger charge is -2.56. The Labute approximate surface area is 228 Å². The summed E-state index contributed by atoms with van der Waals surface area (Å²) in [5.74, 6) is 0.434. The number of carbonyl (C=O) groups excluding carboxylic acids is 1. The SMILES string of the molecule is Cc1c(C(=O)OC(C)C)cc2cccn2c1C(C)c1cc(O)c2c3c1C[C@@H]1[C@@H]4C=C[C@H](O)[C@H](O2)[C@]34CCN1C. The van der Waals surface area contributed by atoms with Crippen molar-refractivity contribution in [3.8, 4) is 11.5 Å². The van der Waals surface area contributed by atoms with Gasteiger partial charge in [0.25, 0.3) is 0 Å². The molecule has 4 heterocycles. The second-order valence-corrected chi connectivity index (χ2v) is 12.2. The van der Waals surface area contributed by atoms with Crippen LogP contribution in [0.5, 0.6) is 11.5 Å². The number of esters is 1. The maximum absolute atomic E-state index is 13.1. The summed E-state index contributed by atoms with van der Waals surface area (Å²) in [6, 6.07) is 8.03. The van der Waals surface area contributed by atoms with Gasteiger partial charge in [-0.1, -0.05) is 19.1 Å². The Bertz CT molecular complexity index is 1550. The Morgan fingerprint density at radius 1 is 1.23 bits per heavy atom. The molecule has 4 aliphatic rings. The van der Waals surface area contributed by atoms with Crippen LogP contribution in [0.25, 0.3) is 5.52 Å². The standard InChI is InChI=1S/C32H36N2O5/c1-16(2)38-31(37)21-13-19-7-6-11-34(19)28(18(21)4)17(3)20-15-26(36)29-27-22(20)14-24-23-8-9-25(35)30(39-29)32(23,27)10-12-33(24)5/h6-9,11,13,15-17,23-25,30,35-36H,10,12,14H2,1-5H3/t17?,23-,24+,25-,30-,32-/m0/s1. The lowest BCUT2D eigenvalue weighted by Crippen LogP contribution is -2.64. The predicted molar refractivity (Wildman–Crippen MR) is 148 cm³/mol. The van der Waals surface area contributed by atoms with Crippen LogP contribution in [-0.2, 0) is 16.6 Å². The van der Waals surface area contributed by atoms with Gasteiger partial charge in [-0.25, -0.2) is 4.79 Å². The third-order valence-corrected chi connectivity index (χ3v) is 9.87. The fourth-order valence-corrected chi connectivity index (χ4v) is 8.21. The van der Waals surface area contributed by atoms with Crippen molar-refractivity contribution >= 4 is 11.5 Å². The van der Waals surface area contributed by atoms with Crippen molar-refractivity contribution in [2.24, 2.45) is 5.92 Å². The molecule has 7 rings (SSSR count). The molecule has 2 aliphatic heterocycles. The summed E-state index contributed by atoms with van der Waals surface area (Å²) in [6.07, 6.45) is 6.48. The van der Waals surface area contributed by atoms with E-state index >= 15 is 0 Å². The number of fused-ring (bicyclic) bond motifs is 1. The van der Waals surface area contributed by atoms with Gasteiger partial charge in [0.2, 0.25) is 0 Å². The number of ether oxygens (including phenoxy) is 2. The summed E-state index contributed by atoms with van der Waals surface area (Å²) in [5, 5.41) is 22.4. The van der Waals surface area contributed by atoms with Gasteiger partial charge in [-0.05, 0) is 88.2 Å². The van der Waals surface area contributed by atoms with Gasteiger partial charge in [-0.2, -0.15) is 0 Å². The van der Waals surface area contributed by atoms with Gasteiger partial charge in [0, 0.05) is 46.3 Å². The molecule has 2 N–H and O–H groups in total. The van der Waals surface area contributed by atoms with Crippen LogP contribution in [0.2, 0.25) is 0 Å². The lowest BCUT2D eigenvalue weighted by molar-refractivity contribution is -0.0454. The van der Waals surface area contributed by atoms with E-state index in [1.54, 1.807) is 0 Å². The maximum atomic E-state index is 13.1. The molecule has 3 aromatic rings. The number of hydrogen-bond acceptors (Lipinski definition) is 6. The second-order valence-electron chi connectivity index (χ2n) is 12.2. The van der Waals surface area contributed by atoms with Gasteiger partial charge in [0.1, 0.15) is 12.2 Å². The third-order valence-electron chi connectivity index (χ3n) is 9.87. The van der Waals surface area contributed by atoms with E-state index < -0.39 is 12.2 Å². The number of aromatic nitrogens is 1. The minimum absolute atomic E-state index is 0.125. The van der Waals surface area contributed by atoms with Crippen molar-refractivity contribution in [2.45, 2.75) is 76.2 Å². The number of pyridine rings is 1. The van der Waals surface area contributed by atoms with Crippen LogP contribution < -0.4 is 4.74 Å². The van der Waals surface area contributed by atoms with Gasteiger partial charge < -0.3 is 29.0 Å². The summed E-state index contributed by atoms with van der Waals surface area (Å²) in [5.41, 5.74) is 6.35. The molecule has 1 fully saturated rings. The molecule has 1 spiro atoms. The smallest absolute Gasteiger partial charge is 0.338 e. The molecular weight excluding hydrogens is 492 g/mol. The van der Waals surface area contributed by atoms with Crippen LogP contribution in [0, 0.1) is 12.8 Å². The van der Waals surface area contributed by atoms with Gasteiger partial charge >= 0.3 is 5.97 Å². The molecule has 204 valence electrons. The number of aromatic hydroxyl groups is 1. The quantitative estimate of drug-likeness (QED) is 0.384.